The lowest BCUT2D eigenvalue weighted by atomic mass is 10.3. The van der Waals surface area contributed by atoms with Crippen molar-refractivity contribution in [3.8, 4) is 11.5 Å². The minimum absolute atomic E-state index is 0.208. The van der Waals surface area contributed by atoms with Crippen LogP contribution >= 0.6 is 0 Å². The third kappa shape index (κ3) is 2.77. The highest BCUT2D eigenvalue weighted by molar-refractivity contribution is 7.92. The normalized spacial score (nSPS) is 12.4. The summed E-state index contributed by atoms with van der Waals surface area (Å²) in [7, 11) is -3.66. The molecule has 2 aromatic rings. The fourth-order valence-corrected chi connectivity index (χ4v) is 2.17. The first-order chi connectivity index (χ1) is 9.20. The van der Waals surface area contributed by atoms with E-state index in [0.717, 1.165) is 24.3 Å². The topological polar surface area (TPSA) is 61.2 Å². The van der Waals surface area contributed by atoms with Gasteiger partial charge in [-0.25, -0.2) is 8.42 Å². The van der Waals surface area contributed by atoms with Crippen LogP contribution in [0.1, 0.15) is 0 Å². The van der Waals surface area contributed by atoms with Crippen molar-refractivity contribution in [2.75, 3.05) is 0 Å². The summed E-state index contributed by atoms with van der Waals surface area (Å²) in [5.41, 5.74) is -5.32. The first kappa shape index (κ1) is 14.4. The highest BCUT2D eigenvalue weighted by atomic mass is 32.2. The van der Waals surface area contributed by atoms with Gasteiger partial charge in [0.25, 0.3) is 9.84 Å². The molecule has 20 heavy (non-hydrogen) atoms. The molecule has 0 aliphatic carbocycles. The zero-order chi connectivity index (χ0) is 15.0. The summed E-state index contributed by atoms with van der Waals surface area (Å²) in [5, 5.41) is 3.85. The van der Waals surface area contributed by atoms with E-state index in [1.54, 1.807) is 13.2 Å². The van der Waals surface area contributed by atoms with E-state index in [0.29, 0.717) is 5.75 Å². The number of aryl methyl sites for hydroxylation is 1. The molecule has 0 saturated carbocycles. The van der Waals surface area contributed by atoms with Crippen LogP contribution in [-0.4, -0.2) is 23.7 Å². The highest BCUT2D eigenvalue weighted by Gasteiger charge is 2.46. The summed E-state index contributed by atoms with van der Waals surface area (Å²) in [4.78, 5) is -0.830. The summed E-state index contributed by atoms with van der Waals surface area (Å²) < 4.78 is 66.1. The molecular formula is C11H9F3N2O3S. The Morgan fingerprint density at radius 2 is 1.75 bits per heavy atom. The minimum Gasteiger partial charge on any atom is -0.454 e. The Kier molecular flexibility index (Phi) is 3.46. The third-order valence-electron chi connectivity index (χ3n) is 2.36. The van der Waals surface area contributed by atoms with Gasteiger partial charge in [0.05, 0.1) is 17.3 Å². The number of halogens is 3. The predicted octanol–water partition coefficient (Wildman–Crippen LogP) is 2.51. The Balaban J connectivity index is 2.23. The van der Waals surface area contributed by atoms with Crippen molar-refractivity contribution >= 4 is 9.84 Å². The molecular weight excluding hydrogens is 297 g/mol. The van der Waals surface area contributed by atoms with Gasteiger partial charge in [0.2, 0.25) is 0 Å². The SMILES string of the molecule is Cn1cc(Oc2ccc(S(=O)(=O)C(F)(F)F)cc2)cn1. The van der Waals surface area contributed by atoms with Gasteiger partial charge in [0.15, 0.2) is 5.75 Å². The van der Waals surface area contributed by atoms with Crippen molar-refractivity contribution in [2.45, 2.75) is 10.4 Å². The van der Waals surface area contributed by atoms with Gasteiger partial charge in [-0.1, -0.05) is 0 Å². The lowest BCUT2D eigenvalue weighted by Crippen LogP contribution is -2.23. The van der Waals surface area contributed by atoms with Gasteiger partial charge in [0, 0.05) is 7.05 Å². The molecule has 1 aromatic heterocycles. The van der Waals surface area contributed by atoms with Crippen molar-refractivity contribution in [2.24, 2.45) is 7.05 Å². The Morgan fingerprint density at radius 3 is 2.20 bits per heavy atom. The van der Waals surface area contributed by atoms with Crippen molar-refractivity contribution in [1.29, 1.82) is 0 Å². The molecule has 0 bridgehead atoms. The van der Waals surface area contributed by atoms with Crippen molar-refractivity contribution in [1.82, 2.24) is 9.78 Å². The molecule has 9 heteroatoms. The molecule has 0 aliphatic heterocycles. The fourth-order valence-electron chi connectivity index (χ4n) is 1.41. The van der Waals surface area contributed by atoms with Gasteiger partial charge in [-0.05, 0) is 24.3 Å². The molecule has 0 fully saturated rings. The first-order valence-electron chi connectivity index (χ1n) is 5.28. The number of benzene rings is 1. The molecule has 0 radical (unpaired) electrons. The monoisotopic (exact) mass is 306 g/mol. The van der Waals surface area contributed by atoms with E-state index >= 15 is 0 Å². The zero-order valence-electron chi connectivity index (χ0n) is 10.1. The van der Waals surface area contributed by atoms with Gasteiger partial charge in [-0.2, -0.15) is 18.3 Å². The molecule has 108 valence electrons. The third-order valence-corrected chi connectivity index (χ3v) is 3.86. The van der Waals surface area contributed by atoms with Crippen LogP contribution in [0.15, 0.2) is 41.6 Å². The van der Waals surface area contributed by atoms with Crippen LogP contribution < -0.4 is 4.74 Å². The number of rotatable bonds is 3. The van der Waals surface area contributed by atoms with Crippen LogP contribution in [-0.2, 0) is 16.9 Å². The van der Waals surface area contributed by atoms with Crippen molar-refractivity contribution < 1.29 is 26.3 Å². The Morgan fingerprint density at radius 1 is 1.15 bits per heavy atom. The number of alkyl halides is 3. The number of aromatic nitrogens is 2. The smallest absolute Gasteiger partial charge is 0.454 e. The lowest BCUT2D eigenvalue weighted by Gasteiger charge is -2.08. The molecule has 2 rings (SSSR count). The lowest BCUT2D eigenvalue weighted by molar-refractivity contribution is -0.0436. The second-order valence-electron chi connectivity index (χ2n) is 3.87. The van der Waals surface area contributed by atoms with Gasteiger partial charge in [-0.3, -0.25) is 4.68 Å². The molecule has 0 atom stereocenters. The fraction of sp³-hybridized carbons (Fsp3) is 0.182. The van der Waals surface area contributed by atoms with Crippen molar-refractivity contribution in [3.63, 3.8) is 0 Å². The maximum atomic E-state index is 12.3. The Hall–Kier alpha value is -2.03. The minimum atomic E-state index is -5.33. The van der Waals surface area contributed by atoms with E-state index in [1.165, 1.54) is 10.9 Å². The zero-order valence-corrected chi connectivity index (χ0v) is 10.9. The summed E-state index contributed by atoms with van der Waals surface area (Å²) >= 11 is 0. The number of ether oxygens (including phenoxy) is 1. The summed E-state index contributed by atoms with van der Waals surface area (Å²) in [6, 6.07) is 3.97. The number of nitrogens with zero attached hydrogens (tertiary/aromatic N) is 2. The maximum Gasteiger partial charge on any atom is 0.501 e. The largest absolute Gasteiger partial charge is 0.501 e. The molecule has 0 unspecified atom stereocenters. The standard InChI is InChI=1S/C11H9F3N2O3S/c1-16-7-9(6-15-16)19-8-2-4-10(5-3-8)20(17,18)11(12,13)14/h2-7H,1H3. The predicted molar refractivity (Wildman–Crippen MR) is 63.0 cm³/mol. The Labute approximate surface area is 112 Å². The number of sulfone groups is 1. The van der Waals surface area contributed by atoms with Crippen LogP contribution in [0.2, 0.25) is 0 Å². The summed E-state index contributed by atoms with van der Waals surface area (Å²) in [5.74, 6) is 0.595. The van der Waals surface area contributed by atoms with Crippen LogP contribution in [0.25, 0.3) is 0 Å². The first-order valence-corrected chi connectivity index (χ1v) is 6.76. The molecule has 1 heterocycles. The van der Waals surface area contributed by atoms with E-state index < -0.39 is 20.2 Å². The summed E-state index contributed by atoms with van der Waals surface area (Å²) in [6.45, 7) is 0. The van der Waals surface area contributed by atoms with E-state index in [1.807, 2.05) is 0 Å². The van der Waals surface area contributed by atoms with Crippen LogP contribution in [0, 0.1) is 0 Å². The Bertz CT molecular complexity index is 705. The molecule has 0 saturated heterocycles. The maximum absolute atomic E-state index is 12.3. The van der Waals surface area contributed by atoms with Crippen LogP contribution in [0.4, 0.5) is 13.2 Å². The average molecular weight is 306 g/mol. The highest BCUT2D eigenvalue weighted by Crippen LogP contribution is 2.31. The molecule has 0 amide bonds. The van der Waals surface area contributed by atoms with E-state index in [2.05, 4.69) is 5.10 Å². The van der Waals surface area contributed by atoms with Gasteiger partial charge in [-0.15, -0.1) is 0 Å². The molecule has 0 spiro atoms. The van der Waals surface area contributed by atoms with E-state index in [9.17, 15) is 21.6 Å². The molecule has 0 N–H and O–H groups in total. The summed E-state index contributed by atoms with van der Waals surface area (Å²) in [6.07, 6.45) is 2.97. The van der Waals surface area contributed by atoms with Crippen LogP contribution in [0.5, 0.6) is 11.5 Å². The average Bonchev–Trinajstić information content (AvgIpc) is 2.74. The second kappa shape index (κ2) is 4.82. The van der Waals surface area contributed by atoms with Crippen molar-refractivity contribution in [3.05, 3.63) is 36.7 Å². The molecule has 0 aliphatic rings. The van der Waals surface area contributed by atoms with E-state index in [-0.39, 0.29) is 5.75 Å². The second-order valence-corrected chi connectivity index (χ2v) is 5.81. The molecule has 5 nitrogen and oxygen atoms in total. The molecule has 1 aromatic carbocycles. The van der Waals surface area contributed by atoms with E-state index in [4.69, 9.17) is 4.74 Å². The number of hydrogen-bond donors (Lipinski definition) is 0. The quantitative estimate of drug-likeness (QED) is 0.874. The number of hydrogen-bond acceptors (Lipinski definition) is 4. The van der Waals surface area contributed by atoms with Gasteiger partial charge in [0.1, 0.15) is 5.75 Å². The van der Waals surface area contributed by atoms with Crippen LogP contribution in [0.3, 0.4) is 0 Å². The van der Waals surface area contributed by atoms with Gasteiger partial charge < -0.3 is 4.74 Å². The van der Waals surface area contributed by atoms with Gasteiger partial charge >= 0.3 is 5.51 Å².